The van der Waals surface area contributed by atoms with Gasteiger partial charge >= 0.3 is 0 Å². The topological polar surface area (TPSA) is 66.5 Å². The highest BCUT2D eigenvalue weighted by Crippen LogP contribution is 1.85. The number of rotatable bonds is 2. The van der Waals surface area contributed by atoms with E-state index in [9.17, 15) is 0 Å². The number of hydrogen-bond acceptors (Lipinski definition) is 3. The third kappa shape index (κ3) is 4.33. The summed E-state index contributed by atoms with van der Waals surface area (Å²) in [5.74, 6) is 0. The molecule has 4 heteroatoms. The van der Waals surface area contributed by atoms with Crippen LogP contribution in [0.2, 0.25) is 0 Å². The highest BCUT2D eigenvalue weighted by molar-refractivity contribution is 5.85. The van der Waals surface area contributed by atoms with Gasteiger partial charge in [-0.2, -0.15) is 0 Å². The van der Waals surface area contributed by atoms with Crippen molar-refractivity contribution in [2.24, 2.45) is 5.73 Å². The summed E-state index contributed by atoms with van der Waals surface area (Å²) >= 11 is 0. The summed E-state index contributed by atoms with van der Waals surface area (Å²) in [4.78, 5) is 0. The summed E-state index contributed by atoms with van der Waals surface area (Å²) in [5, 5.41) is 17.1. The summed E-state index contributed by atoms with van der Waals surface area (Å²) < 4.78 is 0. The first-order valence-corrected chi connectivity index (χ1v) is 2.24. The minimum absolute atomic E-state index is 0. The van der Waals surface area contributed by atoms with Crippen LogP contribution in [0.3, 0.4) is 0 Å². The molecule has 0 rings (SSSR count). The standard InChI is InChI=1S/C4H11NO2.ClH/c1-3(6)4(7)2-5;/h3-4,6-7H,2,5H2,1H3;1H. The van der Waals surface area contributed by atoms with Crippen LogP contribution in [0.25, 0.3) is 0 Å². The summed E-state index contributed by atoms with van der Waals surface area (Å²) in [5.41, 5.74) is 4.96. The molecule has 4 N–H and O–H groups in total. The van der Waals surface area contributed by atoms with Crippen molar-refractivity contribution in [3.05, 3.63) is 0 Å². The molecule has 0 aliphatic carbocycles. The maximum atomic E-state index is 8.56. The van der Waals surface area contributed by atoms with E-state index in [1.165, 1.54) is 6.92 Å². The van der Waals surface area contributed by atoms with Gasteiger partial charge in [0, 0.05) is 6.54 Å². The molecule has 52 valence electrons. The molecule has 0 radical (unpaired) electrons. The molecular weight excluding hydrogens is 130 g/mol. The zero-order chi connectivity index (χ0) is 5.86. The van der Waals surface area contributed by atoms with Crippen LogP contribution in [-0.4, -0.2) is 29.0 Å². The highest BCUT2D eigenvalue weighted by atomic mass is 35.5. The molecular formula is C4H12ClNO2. The summed E-state index contributed by atoms with van der Waals surface area (Å²) in [6.45, 7) is 1.62. The Bertz CT molecular complexity index is 51.3. The van der Waals surface area contributed by atoms with E-state index < -0.39 is 12.2 Å². The van der Waals surface area contributed by atoms with Crippen LogP contribution in [0.1, 0.15) is 6.92 Å². The second kappa shape index (κ2) is 5.31. The predicted molar refractivity (Wildman–Crippen MR) is 34.0 cm³/mol. The molecule has 0 bridgehead atoms. The van der Waals surface area contributed by atoms with Gasteiger partial charge in [-0.15, -0.1) is 12.4 Å². The molecule has 0 saturated heterocycles. The van der Waals surface area contributed by atoms with Gasteiger partial charge < -0.3 is 15.9 Å². The van der Waals surface area contributed by atoms with Crippen molar-refractivity contribution >= 4 is 12.4 Å². The van der Waals surface area contributed by atoms with Gasteiger partial charge in [-0.05, 0) is 6.92 Å². The molecule has 0 fully saturated rings. The van der Waals surface area contributed by atoms with Gasteiger partial charge in [0.1, 0.15) is 0 Å². The molecule has 3 nitrogen and oxygen atoms in total. The molecule has 8 heavy (non-hydrogen) atoms. The van der Waals surface area contributed by atoms with Crippen LogP contribution in [0.15, 0.2) is 0 Å². The van der Waals surface area contributed by atoms with Crippen molar-refractivity contribution in [1.29, 1.82) is 0 Å². The number of hydrogen-bond donors (Lipinski definition) is 3. The van der Waals surface area contributed by atoms with E-state index in [-0.39, 0.29) is 19.0 Å². The van der Waals surface area contributed by atoms with E-state index in [2.05, 4.69) is 0 Å². The number of aliphatic hydroxyl groups is 2. The Morgan fingerprint density at radius 1 is 1.50 bits per heavy atom. The second-order valence-electron chi connectivity index (χ2n) is 1.54. The largest absolute Gasteiger partial charge is 0.391 e. The Morgan fingerprint density at radius 2 is 1.88 bits per heavy atom. The Kier molecular flexibility index (Phi) is 7.32. The maximum absolute atomic E-state index is 8.56. The molecule has 0 heterocycles. The zero-order valence-electron chi connectivity index (χ0n) is 4.74. The lowest BCUT2D eigenvalue weighted by Gasteiger charge is -2.08. The van der Waals surface area contributed by atoms with Gasteiger partial charge in [0.2, 0.25) is 0 Å². The van der Waals surface area contributed by atoms with E-state index in [4.69, 9.17) is 15.9 Å². The molecule has 0 aromatic carbocycles. The average molecular weight is 142 g/mol. The monoisotopic (exact) mass is 141 g/mol. The third-order valence-corrected chi connectivity index (χ3v) is 0.798. The van der Waals surface area contributed by atoms with Gasteiger partial charge in [-0.1, -0.05) is 0 Å². The Labute approximate surface area is 54.9 Å². The number of halogens is 1. The van der Waals surface area contributed by atoms with Crippen molar-refractivity contribution in [3.63, 3.8) is 0 Å². The van der Waals surface area contributed by atoms with Gasteiger partial charge in [-0.3, -0.25) is 0 Å². The smallest absolute Gasteiger partial charge is 0.0918 e. The van der Waals surface area contributed by atoms with Crippen LogP contribution in [0.4, 0.5) is 0 Å². The van der Waals surface area contributed by atoms with Crippen molar-refractivity contribution in [2.75, 3.05) is 6.54 Å². The lowest BCUT2D eigenvalue weighted by Crippen LogP contribution is -2.30. The van der Waals surface area contributed by atoms with Crippen LogP contribution in [-0.2, 0) is 0 Å². The summed E-state index contributed by atoms with van der Waals surface area (Å²) in [6, 6.07) is 0. The number of aliphatic hydroxyl groups excluding tert-OH is 2. The molecule has 0 aromatic heterocycles. The van der Waals surface area contributed by atoms with Gasteiger partial charge in [0.15, 0.2) is 0 Å². The highest BCUT2D eigenvalue weighted by Gasteiger charge is 2.05. The molecule has 0 aromatic rings. The zero-order valence-corrected chi connectivity index (χ0v) is 5.56. The summed E-state index contributed by atoms with van der Waals surface area (Å²) in [6.07, 6.45) is -1.47. The quantitative estimate of drug-likeness (QED) is 0.468. The fourth-order valence-corrected chi connectivity index (χ4v) is 0.197. The second-order valence-corrected chi connectivity index (χ2v) is 1.54. The average Bonchev–Trinajstić information content (AvgIpc) is 1.65. The van der Waals surface area contributed by atoms with E-state index in [0.29, 0.717) is 0 Å². The van der Waals surface area contributed by atoms with Crippen LogP contribution < -0.4 is 5.73 Å². The van der Waals surface area contributed by atoms with Crippen molar-refractivity contribution < 1.29 is 10.2 Å². The van der Waals surface area contributed by atoms with Gasteiger partial charge in [0.05, 0.1) is 12.2 Å². The van der Waals surface area contributed by atoms with E-state index in [1.54, 1.807) is 0 Å². The van der Waals surface area contributed by atoms with E-state index in [0.717, 1.165) is 0 Å². The van der Waals surface area contributed by atoms with Gasteiger partial charge in [-0.25, -0.2) is 0 Å². The fourth-order valence-electron chi connectivity index (χ4n) is 0.197. The van der Waals surface area contributed by atoms with Crippen molar-refractivity contribution in [3.8, 4) is 0 Å². The molecule has 2 unspecified atom stereocenters. The SMILES string of the molecule is CC(O)C(O)CN.Cl. The van der Waals surface area contributed by atoms with Crippen LogP contribution >= 0.6 is 12.4 Å². The predicted octanol–water partition coefficient (Wildman–Crippen LogP) is -0.891. The Hall–Kier alpha value is 0.170. The lowest BCUT2D eigenvalue weighted by molar-refractivity contribution is 0.0374. The van der Waals surface area contributed by atoms with E-state index >= 15 is 0 Å². The molecule has 0 aliphatic rings. The van der Waals surface area contributed by atoms with Crippen molar-refractivity contribution in [2.45, 2.75) is 19.1 Å². The Balaban J connectivity index is 0. The first-order valence-electron chi connectivity index (χ1n) is 2.24. The third-order valence-electron chi connectivity index (χ3n) is 0.798. The Morgan fingerprint density at radius 3 is 1.88 bits per heavy atom. The fraction of sp³-hybridized carbons (Fsp3) is 1.00. The number of nitrogens with two attached hydrogens (primary N) is 1. The van der Waals surface area contributed by atoms with Gasteiger partial charge in [0.25, 0.3) is 0 Å². The minimum atomic E-state index is -0.764. The molecule has 0 amide bonds. The first-order chi connectivity index (χ1) is 3.18. The molecule has 0 saturated carbocycles. The molecule has 0 aliphatic heterocycles. The van der Waals surface area contributed by atoms with Crippen LogP contribution in [0, 0.1) is 0 Å². The van der Waals surface area contributed by atoms with Crippen LogP contribution in [0.5, 0.6) is 0 Å². The van der Waals surface area contributed by atoms with Crippen molar-refractivity contribution in [1.82, 2.24) is 0 Å². The maximum Gasteiger partial charge on any atom is 0.0918 e. The minimum Gasteiger partial charge on any atom is -0.391 e. The first kappa shape index (κ1) is 11.0. The molecule has 0 spiro atoms. The normalized spacial score (nSPS) is 16.5. The van der Waals surface area contributed by atoms with E-state index in [1.807, 2.05) is 0 Å². The summed E-state index contributed by atoms with van der Waals surface area (Å²) in [7, 11) is 0. The lowest BCUT2D eigenvalue weighted by atomic mass is 10.2. The molecule has 2 atom stereocenters.